The lowest BCUT2D eigenvalue weighted by molar-refractivity contribution is -0.115. The molecule has 1 aromatic rings. The summed E-state index contributed by atoms with van der Waals surface area (Å²) in [5, 5.41) is 8.64. The molecule has 3 N–H and O–H groups in total. The lowest BCUT2D eigenvalue weighted by Crippen LogP contribution is -2.48. The van der Waals surface area contributed by atoms with Crippen LogP contribution in [0.25, 0.3) is 0 Å². The van der Waals surface area contributed by atoms with Crippen LogP contribution in [0.2, 0.25) is 0 Å². The molecule has 1 heterocycles. The van der Waals surface area contributed by atoms with E-state index in [9.17, 15) is 9.59 Å². The van der Waals surface area contributed by atoms with E-state index in [1.165, 1.54) is 0 Å². The van der Waals surface area contributed by atoms with Gasteiger partial charge in [0, 0.05) is 30.4 Å². The van der Waals surface area contributed by atoms with Gasteiger partial charge in [-0.05, 0) is 44.1 Å². The van der Waals surface area contributed by atoms with E-state index in [0.29, 0.717) is 17.8 Å². The average Bonchev–Trinajstić information content (AvgIpc) is 2.55. The van der Waals surface area contributed by atoms with Gasteiger partial charge in [-0.2, -0.15) is 0 Å². The third kappa shape index (κ3) is 5.56. The zero-order valence-electron chi connectivity index (χ0n) is 13.9. The van der Waals surface area contributed by atoms with E-state index in [1.807, 2.05) is 0 Å². The first-order valence-electron chi connectivity index (χ1n) is 8.30. The van der Waals surface area contributed by atoms with Gasteiger partial charge < -0.3 is 20.9 Å². The first-order valence-corrected chi connectivity index (χ1v) is 8.30. The van der Waals surface area contributed by atoms with E-state index in [-0.39, 0.29) is 18.0 Å². The molecule has 0 unspecified atom stereocenters. The molecule has 126 valence electrons. The summed E-state index contributed by atoms with van der Waals surface area (Å²) < 4.78 is 0. The number of hydrogen-bond acceptors (Lipinski definition) is 3. The highest BCUT2D eigenvalue weighted by Gasteiger charge is 2.20. The lowest BCUT2D eigenvalue weighted by Gasteiger charge is -2.32. The summed E-state index contributed by atoms with van der Waals surface area (Å²) >= 11 is 0. The third-order valence-corrected chi connectivity index (χ3v) is 4.01. The van der Waals surface area contributed by atoms with Crippen molar-refractivity contribution in [2.45, 2.75) is 39.2 Å². The van der Waals surface area contributed by atoms with Crippen molar-refractivity contribution in [1.29, 1.82) is 0 Å². The number of nitrogens with zero attached hydrogens (tertiary/aromatic N) is 1. The highest BCUT2D eigenvalue weighted by atomic mass is 16.2. The number of nitrogens with one attached hydrogen (secondary N) is 3. The fourth-order valence-corrected chi connectivity index (χ4v) is 2.74. The summed E-state index contributed by atoms with van der Waals surface area (Å²) in [6, 6.07) is 7.16. The Hall–Kier alpha value is -2.08. The molecule has 6 heteroatoms. The molecule has 1 aromatic carbocycles. The number of piperidine rings is 1. The van der Waals surface area contributed by atoms with Crippen LogP contribution in [0.1, 0.15) is 33.1 Å². The molecule has 0 spiro atoms. The summed E-state index contributed by atoms with van der Waals surface area (Å²) in [6.45, 7) is 6.96. The Kier molecular flexibility index (Phi) is 6.40. The minimum atomic E-state index is -0.202. The van der Waals surface area contributed by atoms with Gasteiger partial charge in [0.2, 0.25) is 5.91 Å². The molecule has 2 rings (SSSR count). The fourth-order valence-electron chi connectivity index (χ4n) is 2.74. The molecule has 1 fully saturated rings. The Balaban J connectivity index is 1.87. The Labute approximate surface area is 137 Å². The maximum Gasteiger partial charge on any atom is 0.319 e. The monoisotopic (exact) mass is 318 g/mol. The second kappa shape index (κ2) is 8.53. The van der Waals surface area contributed by atoms with Crippen molar-refractivity contribution in [3.8, 4) is 0 Å². The van der Waals surface area contributed by atoms with Crippen LogP contribution in [0.5, 0.6) is 0 Å². The number of urea groups is 1. The SMILES string of the molecule is CCC(=O)Nc1cccc(NC(=O)N[C@H]2CCCN(CC)C2)c1. The number of carbonyl (C=O) groups is 2. The van der Waals surface area contributed by atoms with Crippen LogP contribution in [-0.4, -0.2) is 42.5 Å². The molecule has 23 heavy (non-hydrogen) atoms. The van der Waals surface area contributed by atoms with Gasteiger partial charge >= 0.3 is 6.03 Å². The zero-order valence-corrected chi connectivity index (χ0v) is 13.9. The topological polar surface area (TPSA) is 73.5 Å². The van der Waals surface area contributed by atoms with Crippen molar-refractivity contribution in [1.82, 2.24) is 10.2 Å². The molecule has 1 saturated heterocycles. The van der Waals surface area contributed by atoms with E-state index >= 15 is 0 Å². The average molecular weight is 318 g/mol. The van der Waals surface area contributed by atoms with Gasteiger partial charge in [-0.1, -0.05) is 19.9 Å². The maximum atomic E-state index is 12.1. The van der Waals surface area contributed by atoms with Crippen LogP contribution in [-0.2, 0) is 4.79 Å². The molecule has 0 bridgehead atoms. The van der Waals surface area contributed by atoms with Gasteiger partial charge in [-0.15, -0.1) is 0 Å². The van der Waals surface area contributed by atoms with Gasteiger partial charge in [0.25, 0.3) is 0 Å². The molecule has 0 radical (unpaired) electrons. The van der Waals surface area contributed by atoms with Crippen LogP contribution in [0.15, 0.2) is 24.3 Å². The first-order chi connectivity index (χ1) is 11.1. The molecule has 3 amide bonds. The maximum absolute atomic E-state index is 12.1. The minimum Gasteiger partial charge on any atom is -0.334 e. The predicted octanol–water partition coefficient (Wildman–Crippen LogP) is 2.64. The molecular formula is C17H26N4O2. The number of likely N-dealkylation sites (tertiary alicyclic amines) is 1. The molecule has 6 nitrogen and oxygen atoms in total. The summed E-state index contributed by atoms with van der Waals surface area (Å²) in [4.78, 5) is 25.9. The van der Waals surface area contributed by atoms with E-state index in [1.54, 1.807) is 31.2 Å². The van der Waals surface area contributed by atoms with Gasteiger partial charge in [-0.3, -0.25) is 4.79 Å². The van der Waals surface area contributed by atoms with E-state index in [4.69, 9.17) is 0 Å². The standard InChI is InChI=1S/C17H26N4O2/c1-3-16(22)18-13-7-5-8-14(11-13)19-17(23)20-15-9-6-10-21(4-2)12-15/h5,7-8,11,15H,3-4,6,9-10,12H2,1-2H3,(H,18,22)(H2,19,20,23)/t15-/m0/s1. The summed E-state index contributed by atoms with van der Waals surface area (Å²) in [5.41, 5.74) is 1.35. The van der Waals surface area contributed by atoms with Crippen molar-refractivity contribution in [3.05, 3.63) is 24.3 Å². The largest absolute Gasteiger partial charge is 0.334 e. The molecule has 1 aliphatic rings. The number of rotatable bonds is 5. The van der Waals surface area contributed by atoms with E-state index in [0.717, 1.165) is 32.5 Å². The molecular weight excluding hydrogens is 292 g/mol. The number of benzene rings is 1. The van der Waals surface area contributed by atoms with Gasteiger partial charge in [-0.25, -0.2) is 4.79 Å². The van der Waals surface area contributed by atoms with E-state index < -0.39 is 0 Å². The van der Waals surface area contributed by atoms with Crippen LogP contribution in [0.4, 0.5) is 16.2 Å². The Morgan fingerprint density at radius 1 is 1.22 bits per heavy atom. The second-order valence-electron chi connectivity index (χ2n) is 5.81. The lowest BCUT2D eigenvalue weighted by atomic mass is 10.1. The van der Waals surface area contributed by atoms with Crippen LogP contribution < -0.4 is 16.0 Å². The Morgan fingerprint density at radius 2 is 1.96 bits per heavy atom. The highest BCUT2D eigenvalue weighted by Crippen LogP contribution is 2.16. The van der Waals surface area contributed by atoms with E-state index in [2.05, 4.69) is 27.8 Å². The summed E-state index contributed by atoms with van der Waals surface area (Å²) in [7, 11) is 0. The minimum absolute atomic E-state index is 0.0477. The quantitative estimate of drug-likeness (QED) is 0.781. The molecule has 0 saturated carbocycles. The van der Waals surface area contributed by atoms with Crippen molar-refractivity contribution >= 4 is 23.3 Å². The van der Waals surface area contributed by atoms with Gasteiger partial charge in [0.1, 0.15) is 0 Å². The zero-order chi connectivity index (χ0) is 16.7. The van der Waals surface area contributed by atoms with Gasteiger partial charge in [0.15, 0.2) is 0 Å². The van der Waals surface area contributed by atoms with Crippen molar-refractivity contribution in [3.63, 3.8) is 0 Å². The van der Waals surface area contributed by atoms with Crippen molar-refractivity contribution in [2.75, 3.05) is 30.3 Å². The fraction of sp³-hybridized carbons (Fsp3) is 0.529. The number of anilines is 2. The molecule has 1 atom stereocenters. The number of hydrogen-bond donors (Lipinski definition) is 3. The summed E-state index contributed by atoms with van der Waals surface area (Å²) in [5.74, 6) is -0.0477. The summed E-state index contributed by atoms with van der Waals surface area (Å²) in [6.07, 6.45) is 2.54. The third-order valence-electron chi connectivity index (χ3n) is 4.01. The Morgan fingerprint density at radius 3 is 2.65 bits per heavy atom. The Bertz CT molecular complexity index is 547. The second-order valence-corrected chi connectivity index (χ2v) is 5.81. The highest BCUT2D eigenvalue weighted by molar-refractivity contribution is 5.93. The number of likely N-dealkylation sites (N-methyl/N-ethyl adjacent to an activating group) is 1. The predicted molar refractivity (Wildman–Crippen MR) is 92.7 cm³/mol. The normalized spacial score (nSPS) is 18.3. The molecule has 1 aliphatic heterocycles. The van der Waals surface area contributed by atoms with Crippen LogP contribution >= 0.6 is 0 Å². The number of amides is 3. The molecule has 0 aromatic heterocycles. The van der Waals surface area contributed by atoms with Crippen LogP contribution in [0, 0.1) is 0 Å². The first kappa shape index (κ1) is 17.3. The van der Waals surface area contributed by atoms with Gasteiger partial charge in [0.05, 0.1) is 0 Å². The van der Waals surface area contributed by atoms with Crippen molar-refractivity contribution in [2.24, 2.45) is 0 Å². The number of carbonyl (C=O) groups excluding carboxylic acids is 2. The van der Waals surface area contributed by atoms with Crippen LogP contribution in [0.3, 0.4) is 0 Å². The van der Waals surface area contributed by atoms with Crippen molar-refractivity contribution < 1.29 is 9.59 Å². The smallest absolute Gasteiger partial charge is 0.319 e. The molecule has 0 aliphatic carbocycles.